The number of carbonyl (C=O) groups excluding carboxylic acids is 3. The molecule has 0 bridgehead atoms. The third kappa shape index (κ3) is 6.24. The summed E-state index contributed by atoms with van der Waals surface area (Å²) in [6, 6.07) is 2.49. The number of benzene rings is 1. The molecule has 1 aromatic carbocycles. The van der Waals surface area contributed by atoms with Crippen LogP contribution in [0.1, 0.15) is 56.5 Å². The molecule has 2 aliphatic heterocycles. The standard InChI is InChI=1S/C25H36F2N4O5/c1-16-11-17-12-21(35-25(26,27)15-32)20(29(5)10-8-28)13-19(17)22(33)31(16)18-7-6-9-30(14-18)23(34)36-24(2,3)4/h12-13,15-16,18H,6-11,14,28H2,1-5H3. The van der Waals surface area contributed by atoms with Crippen molar-refractivity contribution >= 4 is 24.0 Å². The second kappa shape index (κ2) is 10.6. The van der Waals surface area contributed by atoms with Crippen LogP contribution < -0.4 is 15.4 Å². The molecule has 0 aliphatic carbocycles. The van der Waals surface area contributed by atoms with E-state index in [0.29, 0.717) is 37.2 Å². The number of rotatable bonds is 7. The van der Waals surface area contributed by atoms with Gasteiger partial charge in [0.2, 0.25) is 6.29 Å². The van der Waals surface area contributed by atoms with Crippen LogP contribution in [-0.4, -0.2) is 85.1 Å². The van der Waals surface area contributed by atoms with Crippen LogP contribution in [0.3, 0.4) is 0 Å². The summed E-state index contributed by atoms with van der Waals surface area (Å²) in [5, 5.41) is 0. The van der Waals surface area contributed by atoms with Crippen LogP contribution in [0.15, 0.2) is 12.1 Å². The van der Waals surface area contributed by atoms with E-state index >= 15 is 0 Å². The van der Waals surface area contributed by atoms with Crippen LogP contribution in [0.4, 0.5) is 19.3 Å². The van der Waals surface area contributed by atoms with E-state index in [1.165, 1.54) is 12.1 Å². The number of likely N-dealkylation sites (tertiary alicyclic amines) is 1. The molecule has 2 N–H and O–H groups in total. The summed E-state index contributed by atoms with van der Waals surface area (Å²) >= 11 is 0. The SMILES string of the molecule is CC1Cc2cc(OC(F)(F)C=O)c(N(C)CCN)cc2C(=O)N1C1CCCN(C(=O)OC(C)(C)C)C1. The Morgan fingerprint density at radius 2 is 2.00 bits per heavy atom. The van der Waals surface area contributed by atoms with Gasteiger partial charge in [-0.3, -0.25) is 9.59 Å². The smallest absolute Gasteiger partial charge is 0.444 e. The number of anilines is 1. The normalized spacial score (nSPS) is 20.6. The third-order valence-corrected chi connectivity index (χ3v) is 6.34. The summed E-state index contributed by atoms with van der Waals surface area (Å²) in [6.07, 6.45) is -3.10. The lowest BCUT2D eigenvalue weighted by Crippen LogP contribution is -2.57. The van der Waals surface area contributed by atoms with Gasteiger partial charge in [0.1, 0.15) is 5.60 Å². The average molecular weight is 511 g/mol. The lowest BCUT2D eigenvalue weighted by atomic mass is 9.90. The number of alkyl halides is 2. The zero-order valence-electron chi connectivity index (χ0n) is 21.6. The first-order valence-corrected chi connectivity index (χ1v) is 12.2. The zero-order valence-corrected chi connectivity index (χ0v) is 21.6. The van der Waals surface area contributed by atoms with Gasteiger partial charge < -0.3 is 29.9 Å². The van der Waals surface area contributed by atoms with Crippen molar-refractivity contribution in [1.82, 2.24) is 9.80 Å². The molecule has 1 fully saturated rings. The first-order valence-electron chi connectivity index (χ1n) is 12.2. The number of aldehydes is 1. The lowest BCUT2D eigenvalue weighted by molar-refractivity contribution is -0.176. The predicted octanol–water partition coefficient (Wildman–Crippen LogP) is 3.04. The summed E-state index contributed by atoms with van der Waals surface area (Å²) in [6.45, 7) is 8.79. The minimum Gasteiger partial charge on any atom is -0.444 e. The van der Waals surface area contributed by atoms with Gasteiger partial charge in [0.05, 0.1) is 11.7 Å². The molecule has 2 atom stereocenters. The highest BCUT2D eigenvalue weighted by atomic mass is 19.3. The maximum atomic E-state index is 13.8. The molecule has 2 unspecified atom stereocenters. The van der Waals surface area contributed by atoms with Crippen molar-refractivity contribution in [3.8, 4) is 5.75 Å². The van der Waals surface area contributed by atoms with Crippen molar-refractivity contribution < 1.29 is 32.6 Å². The highest BCUT2D eigenvalue weighted by Crippen LogP contribution is 2.38. The van der Waals surface area contributed by atoms with Gasteiger partial charge in [-0.25, -0.2) is 4.79 Å². The molecule has 0 radical (unpaired) electrons. The van der Waals surface area contributed by atoms with Crippen molar-refractivity contribution in [2.24, 2.45) is 5.73 Å². The van der Waals surface area contributed by atoms with Crippen LogP contribution in [-0.2, 0) is 16.0 Å². The zero-order chi connectivity index (χ0) is 26.8. The van der Waals surface area contributed by atoms with Gasteiger partial charge in [0, 0.05) is 44.8 Å². The van der Waals surface area contributed by atoms with E-state index < -0.39 is 24.1 Å². The fourth-order valence-corrected chi connectivity index (χ4v) is 4.80. The molecule has 11 heteroatoms. The number of hydrogen-bond donors (Lipinski definition) is 1. The van der Waals surface area contributed by atoms with Crippen molar-refractivity contribution in [3.63, 3.8) is 0 Å². The number of hydrogen-bond acceptors (Lipinski definition) is 7. The average Bonchev–Trinajstić information content (AvgIpc) is 2.77. The van der Waals surface area contributed by atoms with Gasteiger partial charge >= 0.3 is 12.2 Å². The highest BCUT2D eigenvalue weighted by molar-refractivity contribution is 5.99. The van der Waals surface area contributed by atoms with Crippen molar-refractivity contribution in [3.05, 3.63) is 23.3 Å². The summed E-state index contributed by atoms with van der Waals surface area (Å²) in [5.41, 5.74) is 6.20. The molecule has 3 rings (SSSR count). The van der Waals surface area contributed by atoms with Gasteiger partial charge in [0.15, 0.2) is 5.75 Å². The summed E-state index contributed by atoms with van der Waals surface area (Å²) in [7, 11) is 1.65. The molecule has 2 heterocycles. The highest BCUT2D eigenvalue weighted by Gasteiger charge is 2.40. The molecular weight excluding hydrogens is 474 g/mol. The van der Waals surface area contributed by atoms with E-state index in [1.807, 2.05) is 27.7 Å². The lowest BCUT2D eigenvalue weighted by Gasteiger charge is -2.44. The Morgan fingerprint density at radius 3 is 2.61 bits per heavy atom. The minimum absolute atomic E-state index is 0.191. The van der Waals surface area contributed by atoms with Gasteiger partial charge in [-0.15, -0.1) is 0 Å². The molecule has 0 spiro atoms. The number of fused-ring (bicyclic) bond motifs is 1. The molecule has 0 saturated carbocycles. The Labute approximate surface area is 210 Å². The Morgan fingerprint density at radius 1 is 1.31 bits per heavy atom. The number of nitrogens with two attached hydrogens (primary N) is 1. The number of halogens is 2. The summed E-state index contributed by atoms with van der Waals surface area (Å²) in [4.78, 5) is 42.2. The number of nitrogens with zero attached hydrogens (tertiary/aromatic N) is 3. The van der Waals surface area contributed by atoms with Crippen LogP contribution in [0.25, 0.3) is 0 Å². The minimum atomic E-state index is -4.00. The van der Waals surface area contributed by atoms with Gasteiger partial charge in [-0.2, -0.15) is 8.78 Å². The fraction of sp³-hybridized carbons (Fsp3) is 0.640. The first kappa shape index (κ1) is 27.6. The number of carbonyl (C=O) groups is 3. The largest absolute Gasteiger partial charge is 0.458 e. The molecule has 36 heavy (non-hydrogen) atoms. The first-order chi connectivity index (χ1) is 16.8. The quantitative estimate of drug-likeness (QED) is 0.562. The summed E-state index contributed by atoms with van der Waals surface area (Å²) < 4.78 is 37.9. The van der Waals surface area contributed by atoms with Crippen LogP contribution in [0.2, 0.25) is 0 Å². The number of amides is 2. The number of ether oxygens (including phenoxy) is 2. The summed E-state index contributed by atoms with van der Waals surface area (Å²) in [5.74, 6) is -0.431. The third-order valence-electron chi connectivity index (χ3n) is 6.34. The molecule has 1 aromatic rings. The fourth-order valence-electron chi connectivity index (χ4n) is 4.80. The van der Waals surface area contributed by atoms with E-state index in [0.717, 1.165) is 12.8 Å². The molecule has 1 saturated heterocycles. The van der Waals surface area contributed by atoms with Gasteiger partial charge in [0.25, 0.3) is 5.91 Å². The topological polar surface area (TPSA) is 105 Å². The van der Waals surface area contributed by atoms with Crippen molar-refractivity contribution in [2.45, 2.75) is 70.8 Å². The van der Waals surface area contributed by atoms with E-state index in [1.54, 1.807) is 21.7 Å². The van der Waals surface area contributed by atoms with E-state index in [2.05, 4.69) is 0 Å². The molecular formula is C25H36F2N4O5. The van der Waals surface area contributed by atoms with Gasteiger partial charge in [-0.1, -0.05) is 0 Å². The van der Waals surface area contributed by atoms with Crippen LogP contribution in [0, 0.1) is 0 Å². The maximum absolute atomic E-state index is 13.8. The maximum Gasteiger partial charge on any atom is 0.458 e. The van der Waals surface area contributed by atoms with Gasteiger partial charge in [-0.05, 0) is 64.7 Å². The van der Waals surface area contributed by atoms with Crippen molar-refractivity contribution in [2.75, 3.05) is 38.1 Å². The monoisotopic (exact) mass is 510 g/mol. The second-order valence-electron chi connectivity index (χ2n) is 10.5. The van der Waals surface area contributed by atoms with Crippen LogP contribution >= 0.6 is 0 Å². The Hall–Kier alpha value is -2.95. The van der Waals surface area contributed by atoms with Crippen LogP contribution in [0.5, 0.6) is 5.75 Å². The Kier molecular flexibility index (Phi) is 8.12. The number of piperidine rings is 1. The van der Waals surface area contributed by atoms with Crippen molar-refractivity contribution in [1.29, 1.82) is 0 Å². The molecule has 0 aromatic heterocycles. The second-order valence-corrected chi connectivity index (χ2v) is 10.5. The molecule has 2 aliphatic rings. The Bertz CT molecular complexity index is 997. The van der Waals surface area contributed by atoms with E-state index in [-0.39, 0.29) is 36.0 Å². The predicted molar refractivity (Wildman–Crippen MR) is 131 cm³/mol. The number of likely N-dealkylation sites (N-methyl/N-ethyl adjacent to an activating group) is 1. The van der Waals surface area contributed by atoms with E-state index in [4.69, 9.17) is 15.2 Å². The molecule has 9 nitrogen and oxygen atoms in total. The Balaban J connectivity index is 1.92. The molecule has 200 valence electrons. The molecule has 2 amide bonds. The van der Waals surface area contributed by atoms with E-state index in [9.17, 15) is 23.2 Å².